The topological polar surface area (TPSA) is 105 Å². The first-order valence-corrected chi connectivity index (χ1v) is 9.54. The molecule has 0 spiro atoms. The fraction of sp³-hybridized carbons (Fsp3) is 0.143. The quantitative estimate of drug-likeness (QED) is 0.404. The van der Waals surface area contributed by atoms with Gasteiger partial charge in [0.05, 0.1) is 10.6 Å². The minimum Gasteiger partial charge on any atom is -0.507 e. The summed E-state index contributed by atoms with van der Waals surface area (Å²) >= 11 is 6.02. The number of hydrogen-bond acceptors (Lipinski definition) is 4. The molecule has 4 aromatic rings. The summed E-state index contributed by atoms with van der Waals surface area (Å²) in [5.41, 5.74) is 4.24. The van der Waals surface area contributed by atoms with Crippen molar-refractivity contribution in [2.24, 2.45) is 0 Å². The van der Waals surface area contributed by atoms with Crippen LogP contribution in [0.15, 0.2) is 42.6 Å². The highest BCUT2D eigenvalue weighted by Crippen LogP contribution is 2.39. The smallest absolute Gasteiger partial charge is 0.256 e. The van der Waals surface area contributed by atoms with Crippen LogP contribution in [0.1, 0.15) is 21.6 Å². The number of rotatable bonds is 2. The van der Waals surface area contributed by atoms with Crippen LogP contribution in [0.25, 0.3) is 22.2 Å². The van der Waals surface area contributed by atoms with Crippen LogP contribution in [0.2, 0.25) is 5.02 Å². The Morgan fingerprint density at radius 2 is 2.00 bits per heavy atom. The lowest BCUT2D eigenvalue weighted by molar-refractivity contribution is 0.0736. The molecule has 5 rings (SSSR count). The van der Waals surface area contributed by atoms with E-state index in [1.807, 2.05) is 24.3 Å². The van der Waals surface area contributed by atoms with Crippen LogP contribution in [0.5, 0.6) is 11.5 Å². The van der Waals surface area contributed by atoms with Gasteiger partial charge in [0.15, 0.2) is 0 Å². The number of phenolic OH excluding ortho intramolecular Hbond substituents is 2. The zero-order valence-corrected chi connectivity index (χ0v) is 16.0. The minimum atomic E-state index is -0.200. The number of carbonyl (C=O) groups excluding carboxylic acids is 1. The van der Waals surface area contributed by atoms with Gasteiger partial charge in [0.2, 0.25) is 0 Å². The molecule has 2 aromatic carbocycles. The van der Waals surface area contributed by atoms with Crippen LogP contribution in [-0.4, -0.2) is 42.7 Å². The summed E-state index contributed by atoms with van der Waals surface area (Å²) in [6, 6.07) is 10.4. The number of fused-ring (bicyclic) bond motifs is 2. The van der Waals surface area contributed by atoms with E-state index in [1.165, 1.54) is 12.1 Å². The number of nitrogens with one attached hydrogen (secondary N) is 2. The van der Waals surface area contributed by atoms with Crippen molar-refractivity contribution < 1.29 is 15.0 Å². The highest BCUT2D eigenvalue weighted by Gasteiger charge is 2.28. The Kier molecular flexibility index (Phi) is 3.99. The summed E-state index contributed by atoms with van der Waals surface area (Å²) in [6.45, 7) is 0.923. The fourth-order valence-corrected chi connectivity index (χ4v) is 4.01. The van der Waals surface area contributed by atoms with Gasteiger partial charge < -0.3 is 20.1 Å². The average Bonchev–Trinajstić information content (AvgIpc) is 3.34. The van der Waals surface area contributed by atoms with Gasteiger partial charge in [-0.05, 0) is 12.1 Å². The van der Waals surface area contributed by atoms with Gasteiger partial charge in [-0.1, -0.05) is 29.8 Å². The number of benzene rings is 2. The molecule has 3 heterocycles. The molecule has 0 saturated heterocycles. The number of carbonyl (C=O) groups is 1. The Balaban J connectivity index is 1.51. The van der Waals surface area contributed by atoms with Crippen molar-refractivity contribution in [2.75, 3.05) is 6.54 Å². The average molecular weight is 409 g/mol. The molecule has 0 bridgehead atoms. The van der Waals surface area contributed by atoms with Crippen LogP contribution in [-0.2, 0) is 13.0 Å². The van der Waals surface area contributed by atoms with Crippen LogP contribution in [0, 0.1) is 0 Å². The molecule has 146 valence electrons. The van der Waals surface area contributed by atoms with E-state index in [2.05, 4.69) is 15.2 Å². The number of aromatic hydroxyl groups is 2. The van der Waals surface area contributed by atoms with Crippen LogP contribution >= 0.6 is 11.6 Å². The number of aromatic amines is 2. The highest BCUT2D eigenvalue weighted by molar-refractivity contribution is 6.32. The number of H-pyrrole nitrogens is 2. The number of aromatic nitrogens is 3. The Morgan fingerprint density at radius 1 is 1.17 bits per heavy atom. The molecule has 0 aliphatic carbocycles. The molecule has 0 unspecified atom stereocenters. The third kappa shape index (κ3) is 2.82. The zero-order valence-electron chi connectivity index (χ0n) is 15.2. The fourth-order valence-electron chi connectivity index (χ4n) is 3.85. The van der Waals surface area contributed by atoms with Crippen molar-refractivity contribution in [3.63, 3.8) is 0 Å². The maximum atomic E-state index is 13.2. The maximum Gasteiger partial charge on any atom is 0.256 e. The minimum absolute atomic E-state index is 0.0618. The van der Waals surface area contributed by atoms with Gasteiger partial charge >= 0.3 is 0 Å². The third-order valence-corrected chi connectivity index (χ3v) is 5.66. The first kappa shape index (κ1) is 17.6. The lowest BCUT2D eigenvalue weighted by Gasteiger charge is -2.27. The molecular weight excluding hydrogens is 392 g/mol. The molecule has 7 nitrogen and oxygen atoms in total. The van der Waals surface area contributed by atoms with Gasteiger partial charge in [-0.25, -0.2) is 0 Å². The molecule has 1 amide bonds. The van der Waals surface area contributed by atoms with E-state index in [9.17, 15) is 15.0 Å². The van der Waals surface area contributed by atoms with Crippen molar-refractivity contribution in [1.29, 1.82) is 0 Å². The lowest BCUT2D eigenvalue weighted by Crippen LogP contribution is -2.35. The summed E-state index contributed by atoms with van der Waals surface area (Å²) in [5.74, 6) is -0.386. The maximum absolute atomic E-state index is 13.2. The van der Waals surface area contributed by atoms with Crippen molar-refractivity contribution in [1.82, 2.24) is 20.1 Å². The summed E-state index contributed by atoms with van der Waals surface area (Å²) in [7, 11) is 0. The number of nitrogens with zero attached hydrogens (tertiary/aromatic N) is 2. The van der Waals surface area contributed by atoms with Crippen molar-refractivity contribution in [3.8, 4) is 22.8 Å². The normalized spacial score (nSPS) is 13.6. The molecular formula is C21H17ClN4O3. The SMILES string of the molecule is O=C(c1c[nH]c2ccccc12)N1CCc2[nH]nc(-c3cc(Cl)c(O)cc3O)c2C1. The third-order valence-electron chi connectivity index (χ3n) is 5.36. The predicted octanol–water partition coefficient (Wildman–Crippen LogP) is 3.82. The van der Waals surface area contributed by atoms with Crippen molar-refractivity contribution in [3.05, 3.63) is 64.4 Å². The summed E-state index contributed by atoms with van der Waals surface area (Å²) in [6.07, 6.45) is 2.37. The van der Waals surface area contributed by atoms with Gasteiger partial charge in [0.25, 0.3) is 5.91 Å². The van der Waals surface area contributed by atoms with Gasteiger partial charge in [-0.15, -0.1) is 0 Å². The van der Waals surface area contributed by atoms with Crippen molar-refractivity contribution in [2.45, 2.75) is 13.0 Å². The monoisotopic (exact) mass is 408 g/mol. The number of phenols is 2. The molecule has 2 aromatic heterocycles. The Bertz CT molecular complexity index is 1260. The van der Waals surface area contributed by atoms with E-state index in [0.29, 0.717) is 36.3 Å². The molecule has 29 heavy (non-hydrogen) atoms. The number of hydrogen-bond donors (Lipinski definition) is 4. The predicted molar refractivity (Wildman–Crippen MR) is 109 cm³/mol. The van der Waals surface area contributed by atoms with Gasteiger partial charge in [-0.2, -0.15) is 5.10 Å². The van der Waals surface area contributed by atoms with Gasteiger partial charge in [-0.3, -0.25) is 9.89 Å². The van der Waals surface area contributed by atoms with E-state index in [1.54, 1.807) is 11.1 Å². The second-order valence-corrected chi connectivity index (χ2v) is 7.48. The molecule has 1 aliphatic rings. The Morgan fingerprint density at radius 3 is 2.86 bits per heavy atom. The van der Waals surface area contributed by atoms with Crippen LogP contribution < -0.4 is 0 Å². The standard InChI is InChI=1S/C21H17ClN4O3/c22-15-7-12(18(27)8-19(15)28)20-14-10-26(6-5-17(14)24-25-20)21(29)13-9-23-16-4-2-1-3-11(13)16/h1-4,7-9,23,27-28H,5-6,10H2,(H,24,25). The second kappa shape index (κ2) is 6.56. The van der Waals surface area contributed by atoms with Gasteiger partial charge in [0.1, 0.15) is 17.2 Å². The lowest BCUT2D eigenvalue weighted by atomic mass is 9.99. The second-order valence-electron chi connectivity index (χ2n) is 7.07. The molecule has 4 N–H and O–H groups in total. The van der Waals surface area contributed by atoms with E-state index in [0.717, 1.165) is 22.2 Å². The summed E-state index contributed by atoms with van der Waals surface area (Å²) < 4.78 is 0. The largest absolute Gasteiger partial charge is 0.507 e. The molecule has 0 fully saturated rings. The van der Waals surface area contributed by atoms with Crippen LogP contribution in [0.3, 0.4) is 0 Å². The Hall–Kier alpha value is -3.45. The molecule has 1 aliphatic heterocycles. The first-order chi connectivity index (χ1) is 14.0. The van der Waals surface area contributed by atoms with Crippen molar-refractivity contribution >= 4 is 28.4 Å². The van der Waals surface area contributed by atoms with E-state index < -0.39 is 0 Å². The molecule has 0 saturated carbocycles. The molecule has 0 radical (unpaired) electrons. The molecule has 0 atom stereocenters. The summed E-state index contributed by atoms with van der Waals surface area (Å²) in [5, 5.41) is 28.3. The van der Waals surface area contributed by atoms with Gasteiger partial charge in [0, 0.05) is 59.5 Å². The highest BCUT2D eigenvalue weighted by atomic mass is 35.5. The zero-order chi connectivity index (χ0) is 20.1. The van der Waals surface area contributed by atoms with E-state index >= 15 is 0 Å². The Labute approximate surface area is 170 Å². The summed E-state index contributed by atoms with van der Waals surface area (Å²) in [4.78, 5) is 18.1. The molecule has 8 heteroatoms. The number of amides is 1. The first-order valence-electron chi connectivity index (χ1n) is 9.16. The number of para-hydroxylation sites is 1. The number of halogens is 1. The van der Waals surface area contributed by atoms with E-state index in [4.69, 9.17) is 11.6 Å². The van der Waals surface area contributed by atoms with E-state index in [-0.39, 0.29) is 22.4 Å². The van der Waals surface area contributed by atoms with Crippen LogP contribution in [0.4, 0.5) is 0 Å².